The lowest BCUT2D eigenvalue weighted by Crippen LogP contribution is -2.21. The number of benzene rings is 2. The lowest BCUT2D eigenvalue weighted by Gasteiger charge is -2.11. The maximum Gasteiger partial charge on any atom is 0.342 e. The van der Waals surface area contributed by atoms with Crippen LogP contribution in [0.15, 0.2) is 53.4 Å². The van der Waals surface area contributed by atoms with Crippen LogP contribution in [-0.4, -0.2) is 30.8 Å². The predicted molar refractivity (Wildman–Crippen MR) is 99.3 cm³/mol. The summed E-state index contributed by atoms with van der Waals surface area (Å²) in [6.07, 6.45) is 0. The molecular weight excluding hydrogens is 352 g/mol. The highest BCUT2D eigenvalue weighted by atomic mass is 32.2. The van der Waals surface area contributed by atoms with E-state index in [4.69, 9.17) is 14.7 Å². The smallest absolute Gasteiger partial charge is 0.342 e. The number of carbonyl (C=O) groups is 2. The number of hydrogen-bond acceptors (Lipinski definition) is 6. The second-order valence-corrected chi connectivity index (χ2v) is 6.01. The van der Waals surface area contributed by atoms with Crippen molar-refractivity contribution < 1.29 is 19.1 Å². The topological polar surface area (TPSA) is 88.4 Å². The number of nitrogens with one attached hydrogen (secondary N) is 1. The molecule has 0 heterocycles. The van der Waals surface area contributed by atoms with E-state index in [1.165, 1.54) is 11.8 Å². The first kappa shape index (κ1) is 19.3. The fraction of sp³-hybridized carbons (Fsp3) is 0.211. The van der Waals surface area contributed by atoms with Gasteiger partial charge in [0.05, 0.1) is 24.1 Å². The zero-order valence-corrected chi connectivity index (χ0v) is 15.0. The fourth-order valence-corrected chi connectivity index (χ4v) is 2.79. The highest BCUT2D eigenvalue weighted by Gasteiger charge is 2.15. The van der Waals surface area contributed by atoms with E-state index < -0.39 is 18.5 Å². The third kappa shape index (κ3) is 5.53. The third-order valence-corrected chi connectivity index (χ3v) is 4.13. The maximum absolute atomic E-state index is 12.2. The predicted octanol–water partition coefficient (Wildman–Crippen LogP) is 3.50. The van der Waals surface area contributed by atoms with E-state index in [9.17, 15) is 9.59 Å². The minimum Gasteiger partial charge on any atom is -0.493 e. The van der Waals surface area contributed by atoms with Crippen molar-refractivity contribution in [2.75, 3.05) is 24.3 Å². The van der Waals surface area contributed by atoms with E-state index in [0.717, 1.165) is 4.90 Å². The molecule has 26 heavy (non-hydrogen) atoms. The van der Waals surface area contributed by atoms with Crippen LogP contribution < -0.4 is 10.1 Å². The van der Waals surface area contributed by atoms with Crippen molar-refractivity contribution >= 4 is 29.3 Å². The summed E-state index contributed by atoms with van der Waals surface area (Å²) < 4.78 is 10.5. The van der Waals surface area contributed by atoms with Crippen LogP contribution >= 0.6 is 11.8 Å². The molecule has 0 radical (unpaired) electrons. The van der Waals surface area contributed by atoms with Crippen LogP contribution in [0, 0.1) is 11.3 Å². The molecule has 7 heteroatoms. The van der Waals surface area contributed by atoms with E-state index >= 15 is 0 Å². The lowest BCUT2D eigenvalue weighted by atomic mass is 10.2. The normalized spacial score (nSPS) is 9.85. The highest BCUT2D eigenvalue weighted by molar-refractivity contribution is 7.99. The van der Waals surface area contributed by atoms with Gasteiger partial charge in [0.1, 0.15) is 11.3 Å². The zero-order chi connectivity index (χ0) is 18.8. The van der Waals surface area contributed by atoms with Crippen LogP contribution in [0.4, 0.5) is 5.69 Å². The first-order valence-electron chi connectivity index (χ1n) is 7.93. The number of rotatable bonds is 8. The van der Waals surface area contributed by atoms with Crippen molar-refractivity contribution in [3.05, 3.63) is 54.1 Å². The molecule has 0 aliphatic heterocycles. The second kappa shape index (κ2) is 10.1. The molecule has 0 spiro atoms. The molecule has 2 aromatic carbocycles. The van der Waals surface area contributed by atoms with Gasteiger partial charge < -0.3 is 14.8 Å². The molecule has 0 fully saturated rings. The fourth-order valence-electron chi connectivity index (χ4n) is 2.12. The van der Waals surface area contributed by atoms with Crippen LogP contribution in [0.25, 0.3) is 0 Å². The first-order valence-corrected chi connectivity index (χ1v) is 8.91. The van der Waals surface area contributed by atoms with E-state index in [-0.39, 0.29) is 11.3 Å². The number of para-hydroxylation sites is 2. The van der Waals surface area contributed by atoms with Gasteiger partial charge in [0.2, 0.25) is 0 Å². The van der Waals surface area contributed by atoms with E-state index in [1.54, 1.807) is 36.4 Å². The van der Waals surface area contributed by atoms with Crippen molar-refractivity contribution in [1.29, 1.82) is 5.26 Å². The van der Waals surface area contributed by atoms with Gasteiger partial charge in [0.25, 0.3) is 5.91 Å². The summed E-state index contributed by atoms with van der Waals surface area (Å²) in [5.74, 6) is -0.400. The number of hydrogen-bond donors (Lipinski definition) is 1. The molecule has 0 aromatic heterocycles. The Hall–Kier alpha value is -2.98. The van der Waals surface area contributed by atoms with Crippen molar-refractivity contribution in [2.45, 2.75) is 11.8 Å². The van der Waals surface area contributed by atoms with Gasteiger partial charge in [0, 0.05) is 4.90 Å². The van der Waals surface area contributed by atoms with Crippen LogP contribution in [0.5, 0.6) is 5.75 Å². The SMILES string of the molecule is CCOc1ccccc1C(=O)OCC(=O)Nc1ccccc1SCC#N. The molecule has 0 bridgehead atoms. The van der Waals surface area contributed by atoms with Gasteiger partial charge in [-0.25, -0.2) is 4.79 Å². The van der Waals surface area contributed by atoms with Crippen LogP contribution in [0.3, 0.4) is 0 Å². The van der Waals surface area contributed by atoms with Gasteiger partial charge in [-0.1, -0.05) is 24.3 Å². The molecule has 0 saturated carbocycles. The van der Waals surface area contributed by atoms with E-state index in [2.05, 4.69) is 5.32 Å². The number of thioether (sulfide) groups is 1. The number of amides is 1. The minimum absolute atomic E-state index is 0.270. The summed E-state index contributed by atoms with van der Waals surface area (Å²) >= 11 is 1.32. The molecule has 6 nitrogen and oxygen atoms in total. The molecule has 0 saturated heterocycles. The zero-order valence-electron chi connectivity index (χ0n) is 14.2. The molecule has 0 aliphatic rings. The summed E-state index contributed by atoms with van der Waals surface area (Å²) in [7, 11) is 0. The monoisotopic (exact) mass is 370 g/mol. The van der Waals surface area contributed by atoms with Gasteiger partial charge in [-0.2, -0.15) is 5.26 Å². The quantitative estimate of drug-likeness (QED) is 0.565. The number of nitriles is 1. The lowest BCUT2D eigenvalue weighted by molar-refractivity contribution is -0.119. The van der Waals surface area contributed by atoms with Crippen LogP contribution in [0.1, 0.15) is 17.3 Å². The largest absolute Gasteiger partial charge is 0.493 e. The Kier molecular flexibility index (Phi) is 7.52. The maximum atomic E-state index is 12.2. The summed E-state index contributed by atoms with van der Waals surface area (Å²) in [6, 6.07) is 15.9. The molecule has 0 atom stereocenters. The Morgan fingerprint density at radius 3 is 2.65 bits per heavy atom. The average molecular weight is 370 g/mol. The summed E-state index contributed by atoms with van der Waals surface area (Å²) in [5, 5.41) is 11.4. The number of carbonyl (C=O) groups excluding carboxylic acids is 2. The van der Waals surface area contributed by atoms with E-state index in [1.807, 2.05) is 25.1 Å². The van der Waals surface area contributed by atoms with Crippen molar-refractivity contribution in [2.24, 2.45) is 0 Å². The minimum atomic E-state index is -0.628. The molecule has 134 valence electrons. The van der Waals surface area contributed by atoms with E-state index in [0.29, 0.717) is 18.0 Å². The van der Waals surface area contributed by atoms with Crippen molar-refractivity contribution in [1.82, 2.24) is 0 Å². The number of anilines is 1. The first-order chi connectivity index (χ1) is 12.7. The summed E-state index contributed by atoms with van der Waals surface area (Å²) in [5.41, 5.74) is 0.843. The molecule has 0 unspecified atom stereocenters. The summed E-state index contributed by atoms with van der Waals surface area (Å²) in [4.78, 5) is 25.0. The van der Waals surface area contributed by atoms with Gasteiger partial charge in [0.15, 0.2) is 6.61 Å². The standard InChI is InChI=1S/C19H18N2O4S/c1-2-24-16-9-5-3-7-14(16)19(23)25-13-18(22)21-15-8-4-6-10-17(15)26-12-11-20/h3-10H,2,12-13H2,1H3,(H,21,22). The second-order valence-electron chi connectivity index (χ2n) is 5.00. The molecule has 1 amide bonds. The van der Waals surface area contributed by atoms with Gasteiger partial charge in [-0.05, 0) is 31.2 Å². The van der Waals surface area contributed by atoms with Crippen LogP contribution in [0.2, 0.25) is 0 Å². The summed E-state index contributed by atoms with van der Waals surface area (Å²) in [6.45, 7) is 1.82. The number of ether oxygens (including phenoxy) is 2. The van der Waals surface area contributed by atoms with Crippen molar-refractivity contribution in [3.8, 4) is 11.8 Å². The molecule has 2 rings (SSSR count). The van der Waals surface area contributed by atoms with Gasteiger partial charge in [-0.3, -0.25) is 4.79 Å². The Morgan fingerprint density at radius 1 is 1.15 bits per heavy atom. The third-order valence-electron chi connectivity index (χ3n) is 3.19. The Balaban J connectivity index is 1.95. The van der Waals surface area contributed by atoms with Gasteiger partial charge in [-0.15, -0.1) is 11.8 Å². The van der Waals surface area contributed by atoms with Crippen molar-refractivity contribution in [3.63, 3.8) is 0 Å². The number of esters is 1. The Bertz CT molecular complexity index is 817. The molecule has 0 aliphatic carbocycles. The average Bonchev–Trinajstić information content (AvgIpc) is 2.66. The Labute approximate surface area is 156 Å². The number of nitrogens with zero attached hydrogens (tertiary/aromatic N) is 1. The molecule has 1 N–H and O–H groups in total. The molecular formula is C19H18N2O4S. The van der Waals surface area contributed by atoms with Gasteiger partial charge >= 0.3 is 5.97 Å². The Morgan fingerprint density at radius 2 is 1.88 bits per heavy atom. The van der Waals surface area contributed by atoms with Crippen LogP contribution in [-0.2, 0) is 9.53 Å². The molecule has 2 aromatic rings. The highest BCUT2D eigenvalue weighted by Crippen LogP contribution is 2.26.